The van der Waals surface area contributed by atoms with Crippen molar-refractivity contribution in [2.45, 2.75) is 26.0 Å². The first kappa shape index (κ1) is 13.2. The molecule has 0 spiro atoms. The van der Waals surface area contributed by atoms with Gasteiger partial charge < -0.3 is 4.74 Å². The predicted molar refractivity (Wildman–Crippen MR) is 54.4 cm³/mol. The first-order valence-electron chi connectivity index (χ1n) is 4.31. The first-order valence-corrected chi connectivity index (χ1v) is 5.92. The SMILES string of the molecule is COC(=O)/C=C/S(=O)(=O)C(C)C(C)C. The van der Waals surface area contributed by atoms with E-state index in [9.17, 15) is 13.2 Å². The van der Waals surface area contributed by atoms with Crippen molar-refractivity contribution in [3.05, 3.63) is 11.5 Å². The molecule has 0 heterocycles. The zero-order valence-corrected chi connectivity index (χ0v) is 9.67. The lowest BCUT2D eigenvalue weighted by molar-refractivity contribution is -0.134. The fourth-order valence-corrected chi connectivity index (χ4v) is 2.03. The summed E-state index contributed by atoms with van der Waals surface area (Å²) in [5.74, 6) is -0.646. The van der Waals surface area contributed by atoms with Gasteiger partial charge in [0.1, 0.15) is 0 Å². The summed E-state index contributed by atoms with van der Waals surface area (Å²) in [6.07, 6.45) is 0.925. The number of carbonyl (C=O) groups excluding carboxylic acids is 1. The minimum absolute atomic E-state index is 0.0160. The molecular weight excluding hydrogens is 204 g/mol. The maximum Gasteiger partial charge on any atom is 0.331 e. The molecule has 0 bridgehead atoms. The molecule has 82 valence electrons. The van der Waals surface area contributed by atoms with Gasteiger partial charge in [0.2, 0.25) is 0 Å². The van der Waals surface area contributed by atoms with Gasteiger partial charge in [-0.3, -0.25) is 0 Å². The Bertz CT molecular complexity index is 314. The van der Waals surface area contributed by atoms with Crippen molar-refractivity contribution in [1.82, 2.24) is 0 Å². The molecule has 0 aliphatic rings. The van der Waals surface area contributed by atoms with Crippen molar-refractivity contribution >= 4 is 15.8 Å². The highest BCUT2D eigenvalue weighted by Gasteiger charge is 2.21. The Morgan fingerprint density at radius 2 is 1.79 bits per heavy atom. The summed E-state index contributed by atoms with van der Waals surface area (Å²) < 4.78 is 27.3. The second kappa shape index (κ2) is 5.14. The van der Waals surface area contributed by atoms with Crippen molar-refractivity contribution in [3.63, 3.8) is 0 Å². The van der Waals surface area contributed by atoms with E-state index >= 15 is 0 Å². The van der Waals surface area contributed by atoms with Crippen LogP contribution in [-0.4, -0.2) is 26.7 Å². The third kappa shape index (κ3) is 3.91. The van der Waals surface area contributed by atoms with E-state index < -0.39 is 21.1 Å². The largest absolute Gasteiger partial charge is 0.466 e. The summed E-state index contributed by atoms with van der Waals surface area (Å²) >= 11 is 0. The number of sulfone groups is 1. The number of ether oxygens (including phenoxy) is 1. The molecule has 0 rings (SSSR count). The molecule has 1 atom stereocenters. The Morgan fingerprint density at radius 3 is 2.14 bits per heavy atom. The number of hydrogen-bond acceptors (Lipinski definition) is 4. The molecular formula is C9H16O4S. The van der Waals surface area contributed by atoms with Gasteiger partial charge in [0, 0.05) is 11.5 Å². The third-order valence-corrected chi connectivity index (χ3v) is 4.15. The van der Waals surface area contributed by atoms with E-state index in [1.807, 2.05) is 13.8 Å². The molecule has 14 heavy (non-hydrogen) atoms. The van der Waals surface area contributed by atoms with Crippen LogP contribution >= 0.6 is 0 Å². The lowest BCUT2D eigenvalue weighted by atomic mass is 10.2. The molecule has 0 N–H and O–H groups in total. The first-order chi connectivity index (χ1) is 6.31. The van der Waals surface area contributed by atoms with Crippen molar-refractivity contribution in [2.75, 3.05) is 7.11 Å². The van der Waals surface area contributed by atoms with E-state index in [0.717, 1.165) is 11.5 Å². The minimum Gasteiger partial charge on any atom is -0.466 e. The molecule has 0 amide bonds. The van der Waals surface area contributed by atoms with Crippen LogP contribution in [0, 0.1) is 5.92 Å². The van der Waals surface area contributed by atoms with Crippen LogP contribution in [-0.2, 0) is 19.4 Å². The van der Waals surface area contributed by atoms with Gasteiger partial charge in [-0.2, -0.15) is 0 Å². The Labute approximate surface area is 84.9 Å². The molecule has 0 saturated heterocycles. The normalized spacial score (nSPS) is 14.6. The predicted octanol–water partition coefficient (Wildman–Crippen LogP) is 1.13. The summed E-state index contributed by atoms with van der Waals surface area (Å²) in [6, 6.07) is 0. The van der Waals surface area contributed by atoms with Crippen molar-refractivity contribution in [2.24, 2.45) is 5.92 Å². The number of hydrogen-bond donors (Lipinski definition) is 0. The number of carbonyl (C=O) groups is 1. The summed E-state index contributed by atoms with van der Waals surface area (Å²) in [6.45, 7) is 5.24. The number of rotatable bonds is 4. The maximum absolute atomic E-state index is 11.5. The molecule has 4 nitrogen and oxygen atoms in total. The van der Waals surface area contributed by atoms with Gasteiger partial charge in [-0.25, -0.2) is 13.2 Å². The molecule has 0 aromatic heterocycles. The van der Waals surface area contributed by atoms with Crippen LogP contribution < -0.4 is 0 Å². The van der Waals surface area contributed by atoms with Gasteiger partial charge in [-0.15, -0.1) is 0 Å². The third-order valence-electron chi connectivity index (χ3n) is 2.05. The zero-order chi connectivity index (χ0) is 11.4. The van der Waals surface area contributed by atoms with Crippen molar-refractivity contribution in [1.29, 1.82) is 0 Å². The lowest BCUT2D eigenvalue weighted by Gasteiger charge is -2.12. The molecule has 0 fully saturated rings. The quantitative estimate of drug-likeness (QED) is 0.526. The Balaban J connectivity index is 4.66. The summed E-state index contributed by atoms with van der Waals surface area (Å²) in [7, 11) is -2.15. The summed E-state index contributed by atoms with van der Waals surface area (Å²) in [5, 5.41) is 0.409. The highest BCUT2D eigenvalue weighted by atomic mass is 32.2. The summed E-state index contributed by atoms with van der Waals surface area (Å²) in [5.41, 5.74) is 0. The van der Waals surface area contributed by atoms with Crippen LogP contribution in [0.15, 0.2) is 11.5 Å². The Morgan fingerprint density at radius 1 is 1.29 bits per heavy atom. The highest BCUT2D eigenvalue weighted by Crippen LogP contribution is 2.13. The average Bonchev–Trinajstić information content (AvgIpc) is 2.12. The van der Waals surface area contributed by atoms with Gasteiger partial charge in [0.05, 0.1) is 12.4 Å². The second-order valence-electron chi connectivity index (χ2n) is 3.36. The fraction of sp³-hybridized carbons (Fsp3) is 0.667. The Hall–Kier alpha value is -0.840. The molecule has 0 saturated carbocycles. The van der Waals surface area contributed by atoms with E-state index in [1.165, 1.54) is 7.11 Å². The molecule has 1 unspecified atom stereocenters. The fourth-order valence-electron chi connectivity index (χ4n) is 0.722. The smallest absolute Gasteiger partial charge is 0.331 e. The van der Waals surface area contributed by atoms with Crippen LogP contribution in [0.25, 0.3) is 0 Å². The van der Waals surface area contributed by atoms with E-state index in [0.29, 0.717) is 0 Å². The van der Waals surface area contributed by atoms with Gasteiger partial charge >= 0.3 is 5.97 Å². The van der Waals surface area contributed by atoms with Crippen LogP contribution in [0.5, 0.6) is 0 Å². The Kier molecular flexibility index (Phi) is 4.83. The monoisotopic (exact) mass is 220 g/mol. The molecule has 0 aromatic rings. The number of esters is 1. The van der Waals surface area contributed by atoms with Crippen molar-refractivity contribution < 1.29 is 17.9 Å². The molecule has 0 radical (unpaired) electrons. The van der Waals surface area contributed by atoms with Crippen LogP contribution in [0.4, 0.5) is 0 Å². The van der Waals surface area contributed by atoms with Gasteiger partial charge in [-0.05, 0) is 12.8 Å². The standard InChI is InChI=1S/C9H16O4S/c1-7(2)8(3)14(11,12)6-5-9(10)13-4/h5-8H,1-4H3/b6-5+. The van der Waals surface area contributed by atoms with E-state index in [4.69, 9.17) is 0 Å². The molecule has 0 aliphatic carbocycles. The molecule has 5 heteroatoms. The number of methoxy groups -OCH3 is 1. The second-order valence-corrected chi connectivity index (χ2v) is 5.56. The minimum atomic E-state index is -3.35. The molecule has 0 aromatic carbocycles. The maximum atomic E-state index is 11.5. The topological polar surface area (TPSA) is 60.4 Å². The van der Waals surface area contributed by atoms with Crippen LogP contribution in [0.1, 0.15) is 20.8 Å². The van der Waals surface area contributed by atoms with Crippen LogP contribution in [0.3, 0.4) is 0 Å². The van der Waals surface area contributed by atoms with E-state index in [1.54, 1.807) is 6.92 Å². The van der Waals surface area contributed by atoms with Gasteiger partial charge in [0.25, 0.3) is 0 Å². The highest BCUT2D eigenvalue weighted by molar-refractivity contribution is 7.94. The average molecular weight is 220 g/mol. The zero-order valence-electron chi connectivity index (χ0n) is 8.85. The van der Waals surface area contributed by atoms with Gasteiger partial charge in [0.15, 0.2) is 9.84 Å². The molecule has 0 aliphatic heterocycles. The summed E-state index contributed by atoms with van der Waals surface area (Å²) in [4.78, 5) is 10.7. The lowest BCUT2D eigenvalue weighted by Crippen LogP contribution is -2.21. The van der Waals surface area contributed by atoms with Crippen molar-refractivity contribution in [3.8, 4) is 0 Å². The van der Waals surface area contributed by atoms with E-state index in [-0.39, 0.29) is 5.92 Å². The van der Waals surface area contributed by atoms with E-state index in [2.05, 4.69) is 4.74 Å². The van der Waals surface area contributed by atoms with Gasteiger partial charge in [-0.1, -0.05) is 13.8 Å². The van der Waals surface area contributed by atoms with Crippen LogP contribution in [0.2, 0.25) is 0 Å².